The molecule has 0 spiro atoms. The van der Waals surface area contributed by atoms with E-state index in [0.29, 0.717) is 0 Å². The van der Waals surface area contributed by atoms with E-state index in [9.17, 15) is 13.2 Å². The van der Waals surface area contributed by atoms with Gasteiger partial charge < -0.3 is 10.5 Å². The summed E-state index contributed by atoms with van der Waals surface area (Å²) in [6.07, 6.45) is -2.05. The molecular formula is C6H6F3N3O. The molecule has 4 nitrogen and oxygen atoms in total. The van der Waals surface area contributed by atoms with E-state index in [0.717, 1.165) is 0 Å². The van der Waals surface area contributed by atoms with E-state index in [4.69, 9.17) is 5.73 Å². The Morgan fingerprint density at radius 2 is 1.85 bits per heavy atom. The predicted molar refractivity (Wildman–Crippen MR) is 38.0 cm³/mol. The first kappa shape index (κ1) is 9.56. The quantitative estimate of drug-likeness (QED) is 0.761. The molecule has 1 aromatic rings. The second-order valence-corrected chi connectivity index (χ2v) is 2.20. The molecule has 0 fully saturated rings. The highest BCUT2D eigenvalue weighted by atomic mass is 19.4. The van der Waals surface area contributed by atoms with Gasteiger partial charge in [0.05, 0.1) is 18.1 Å². The van der Waals surface area contributed by atoms with Crippen LogP contribution in [-0.2, 0) is 0 Å². The van der Waals surface area contributed by atoms with E-state index in [1.165, 1.54) is 12.4 Å². The Morgan fingerprint density at radius 1 is 1.31 bits per heavy atom. The Labute approximate surface area is 71.6 Å². The Bertz CT molecular complexity index is 271. The number of ether oxygens (including phenoxy) is 1. The molecule has 0 bridgehead atoms. The number of hydrogen-bond donors (Lipinski definition) is 1. The van der Waals surface area contributed by atoms with Gasteiger partial charge in [0.25, 0.3) is 0 Å². The molecule has 1 heterocycles. The van der Waals surface area contributed by atoms with Crippen molar-refractivity contribution in [2.45, 2.75) is 6.18 Å². The summed E-state index contributed by atoms with van der Waals surface area (Å²) in [5.74, 6) is 0. The molecule has 0 saturated heterocycles. The molecule has 72 valence electrons. The van der Waals surface area contributed by atoms with Crippen LogP contribution >= 0.6 is 0 Å². The number of hydrogen-bond acceptors (Lipinski definition) is 4. The molecule has 2 N–H and O–H groups in total. The molecule has 13 heavy (non-hydrogen) atoms. The summed E-state index contributed by atoms with van der Waals surface area (Å²) in [6.45, 7) is -1.41. The Balaban J connectivity index is 2.51. The monoisotopic (exact) mass is 193 g/mol. The zero-order valence-corrected chi connectivity index (χ0v) is 6.38. The van der Waals surface area contributed by atoms with Gasteiger partial charge in [-0.05, 0) is 0 Å². The Kier molecular flexibility index (Phi) is 2.54. The maximum atomic E-state index is 11.6. The molecule has 1 rings (SSSR count). The predicted octanol–water partition coefficient (Wildman–Crippen LogP) is 1.000. The summed E-state index contributed by atoms with van der Waals surface area (Å²) in [6, 6.07) is -0.341. The van der Waals surface area contributed by atoms with Crippen molar-refractivity contribution in [1.82, 2.24) is 9.97 Å². The molecule has 0 aliphatic rings. The van der Waals surface area contributed by atoms with Crippen LogP contribution in [0.3, 0.4) is 0 Å². The number of anilines is 1. The average molecular weight is 193 g/mol. The lowest BCUT2D eigenvalue weighted by Crippen LogP contribution is -2.20. The van der Waals surface area contributed by atoms with Crippen LogP contribution in [0, 0.1) is 0 Å². The molecule has 0 aliphatic carbocycles. The third-order valence-corrected chi connectivity index (χ3v) is 1.01. The van der Waals surface area contributed by atoms with Crippen molar-refractivity contribution >= 4 is 5.69 Å². The second kappa shape index (κ2) is 3.46. The van der Waals surface area contributed by atoms with Crippen molar-refractivity contribution in [3.63, 3.8) is 0 Å². The lowest BCUT2D eigenvalue weighted by Gasteiger charge is -2.06. The molecule has 7 heteroatoms. The smallest absolute Gasteiger partial charge is 0.422 e. The van der Waals surface area contributed by atoms with Crippen molar-refractivity contribution < 1.29 is 17.9 Å². The van der Waals surface area contributed by atoms with Crippen LogP contribution in [0.5, 0.6) is 6.01 Å². The first-order valence-electron chi connectivity index (χ1n) is 3.24. The van der Waals surface area contributed by atoms with Gasteiger partial charge in [-0.1, -0.05) is 0 Å². The van der Waals surface area contributed by atoms with Crippen molar-refractivity contribution in [2.24, 2.45) is 0 Å². The third kappa shape index (κ3) is 3.59. The third-order valence-electron chi connectivity index (χ3n) is 1.01. The minimum Gasteiger partial charge on any atom is -0.454 e. The minimum atomic E-state index is -4.38. The summed E-state index contributed by atoms with van der Waals surface area (Å²) >= 11 is 0. The summed E-state index contributed by atoms with van der Waals surface area (Å²) in [5, 5.41) is 0. The number of halogens is 3. The summed E-state index contributed by atoms with van der Waals surface area (Å²) < 4.78 is 39.1. The van der Waals surface area contributed by atoms with Crippen molar-refractivity contribution in [3.8, 4) is 6.01 Å². The fourth-order valence-electron chi connectivity index (χ4n) is 0.547. The molecule has 1 aromatic heterocycles. The second-order valence-electron chi connectivity index (χ2n) is 2.20. The summed E-state index contributed by atoms with van der Waals surface area (Å²) in [4.78, 5) is 6.85. The largest absolute Gasteiger partial charge is 0.454 e. The van der Waals surface area contributed by atoms with E-state index in [2.05, 4.69) is 14.7 Å². The van der Waals surface area contributed by atoms with Crippen LogP contribution in [0.1, 0.15) is 0 Å². The molecule has 0 unspecified atom stereocenters. The summed E-state index contributed by atoms with van der Waals surface area (Å²) in [7, 11) is 0. The van der Waals surface area contributed by atoms with Crippen LogP contribution in [0.15, 0.2) is 12.4 Å². The van der Waals surface area contributed by atoms with Crippen LogP contribution in [-0.4, -0.2) is 22.8 Å². The van der Waals surface area contributed by atoms with E-state index >= 15 is 0 Å². The number of aromatic nitrogens is 2. The van der Waals surface area contributed by atoms with Crippen LogP contribution in [0.25, 0.3) is 0 Å². The van der Waals surface area contributed by atoms with Gasteiger partial charge in [-0.3, -0.25) is 0 Å². The standard InChI is InChI=1S/C6H6F3N3O/c7-6(8,9)3-13-5-11-1-4(10)2-12-5/h1-2H,3,10H2. The van der Waals surface area contributed by atoms with Gasteiger partial charge in [0.1, 0.15) is 0 Å². The van der Waals surface area contributed by atoms with E-state index in [-0.39, 0.29) is 11.7 Å². The minimum absolute atomic E-state index is 0.263. The zero-order chi connectivity index (χ0) is 9.90. The topological polar surface area (TPSA) is 61.0 Å². The van der Waals surface area contributed by atoms with Crippen molar-refractivity contribution in [2.75, 3.05) is 12.3 Å². The molecule has 0 saturated carbocycles. The van der Waals surface area contributed by atoms with E-state index in [1.54, 1.807) is 0 Å². The zero-order valence-electron chi connectivity index (χ0n) is 6.38. The van der Waals surface area contributed by atoms with Gasteiger partial charge in [-0.15, -0.1) is 0 Å². The molecular weight excluding hydrogens is 187 g/mol. The van der Waals surface area contributed by atoms with Crippen LogP contribution < -0.4 is 10.5 Å². The number of nitrogen functional groups attached to an aromatic ring is 1. The normalized spacial score (nSPS) is 11.3. The maximum Gasteiger partial charge on any atom is 0.422 e. The van der Waals surface area contributed by atoms with Gasteiger partial charge in [0.15, 0.2) is 6.61 Å². The SMILES string of the molecule is Nc1cnc(OCC(F)(F)F)nc1. The van der Waals surface area contributed by atoms with Crippen LogP contribution in [0.2, 0.25) is 0 Å². The first-order valence-corrected chi connectivity index (χ1v) is 3.24. The first-order chi connectivity index (χ1) is 5.97. The molecule has 0 aliphatic heterocycles. The maximum absolute atomic E-state index is 11.6. The molecule has 0 amide bonds. The fraction of sp³-hybridized carbons (Fsp3) is 0.333. The highest BCUT2D eigenvalue weighted by Gasteiger charge is 2.28. The van der Waals surface area contributed by atoms with Gasteiger partial charge >= 0.3 is 12.2 Å². The summed E-state index contributed by atoms with van der Waals surface area (Å²) in [5.41, 5.74) is 5.47. The number of nitrogens with zero attached hydrogens (tertiary/aromatic N) is 2. The fourth-order valence-corrected chi connectivity index (χ4v) is 0.547. The lowest BCUT2D eigenvalue weighted by atomic mass is 10.6. The van der Waals surface area contributed by atoms with Crippen molar-refractivity contribution in [3.05, 3.63) is 12.4 Å². The number of nitrogens with two attached hydrogens (primary N) is 1. The van der Waals surface area contributed by atoms with Gasteiger partial charge in [-0.2, -0.15) is 13.2 Å². The van der Waals surface area contributed by atoms with Gasteiger partial charge in [0, 0.05) is 0 Å². The van der Waals surface area contributed by atoms with E-state index < -0.39 is 12.8 Å². The lowest BCUT2D eigenvalue weighted by molar-refractivity contribution is -0.154. The van der Waals surface area contributed by atoms with Crippen LogP contribution in [0.4, 0.5) is 18.9 Å². The van der Waals surface area contributed by atoms with Gasteiger partial charge in [-0.25, -0.2) is 9.97 Å². The highest BCUT2D eigenvalue weighted by Crippen LogP contribution is 2.15. The van der Waals surface area contributed by atoms with Crippen molar-refractivity contribution in [1.29, 1.82) is 0 Å². The van der Waals surface area contributed by atoms with E-state index in [1.807, 2.05) is 0 Å². The van der Waals surface area contributed by atoms with Gasteiger partial charge in [0.2, 0.25) is 0 Å². The average Bonchev–Trinajstić information content (AvgIpc) is 2.02. The molecule has 0 aromatic carbocycles. The number of alkyl halides is 3. The Morgan fingerprint density at radius 3 is 2.31 bits per heavy atom. The molecule has 0 radical (unpaired) electrons. The highest BCUT2D eigenvalue weighted by molar-refractivity contribution is 5.30. The number of rotatable bonds is 2. The Hall–Kier alpha value is -1.53. The molecule has 0 atom stereocenters.